The zero-order chi connectivity index (χ0) is 18.8. The van der Waals surface area contributed by atoms with Crippen LogP contribution in [-0.2, 0) is 12.8 Å². The van der Waals surface area contributed by atoms with Gasteiger partial charge in [-0.2, -0.15) is 0 Å². The Balaban J connectivity index is 1.47. The lowest BCUT2D eigenvalue weighted by Crippen LogP contribution is -1.95. The average Bonchev–Trinajstić information content (AvgIpc) is 3.28. The number of thioether (sulfide) groups is 1. The Morgan fingerprint density at radius 3 is 2.59 bits per heavy atom. The van der Waals surface area contributed by atoms with Gasteiger partial charge in [-0.25, -0.2) is 4.98 Å². The van der Waals surface area contributed by atoms with Crippen molar-refractivity contribution in [1.29, 1.82) is 0 Å². The van der Waals surface area contributed by atoms with Gasteiger partial charge in [0.25, 0.3) is 0 Å². The van der Waals surface area contributed by atoms with Crippen LogP contribution >= 0.6 is 35.0 Å². The second kappa shape index (κ2) is 7.76. The second-order valence-corrected chi connectivity index (χ2v) is 7.63. The van der Waals surface area contributed by atoms with E-state index in [4.69, 9.17) is 27.6 Å². The van der Waals surface area contributed by atoms with Gasteiger partial charge in [0, 0.05) is 34.0 Å². The van der Waals surface area contributed by atoms with Crippen LogP contribution in [0.1, 0.15) is 5.69 Å². The Kier molecular flexibility index (Phi) is 5.20. The van der Waals surface area contributed by atoms with E-state index in [1.165, 1.54) is 0 Å². The number of nitrogens with zero attached hydrogens (tertiary/aromatic N) is 4. The molecule has 0 unspecified atom stereocenters. The summed E-state index contributed by atoms with van der Waals surface area (Å²) in [5, 5.41) is 10.7. The van der Waals surface area contributed by atoms with E-state index in [-0.39, 0.29) is 0 Å². The molecule has 4 rings (SSSR count). The van der Waals surface area contributed by atoms with E-state index in [9.17, 15) is 0 Å². The molecule has 2 heterocycles. The molecule has 0 bridgehead atoms. The number of rotatable bonds is 5. The SMILES string of the molecule is Cn1c(SCc2coc(-c3cccc(Cl)c3)n2)nnc1-c1ccc(Cl)cc1. The Hall–Kier alpha value is -2.28. The summed E-state index contributed by atoms with van der Waals surface area (Å²) in [7, 11) is 1.94. The first kappa shape index (κ1) is 18.1. The highest BCUT2D eigenvalue weighted by atomic mass is 35.5. The number of hydrogen-bond acceptors (Lipinski definition) is 5. The topological polar surface area (TPSA) is 56.7 Å². The molecule has 2 aromatic carbocycles. The molecule has 0 N–H and O–H groups in total. The second-order valence-electron chi connectivity index (χ2n) is 5.82. The van der Waals surface area contributed by atoms with E-state index in [1.54, 1.807) is 18.0 Å². The van der Waals surface area contributed by atoms with E-state index in [1.807, 2.05) is 60.1 Å². The standard InChI is InChI=1S/C19H14Cl2N4OS/c1-25-17(12-5-7-14(20)8-6-12)23-24-19(25)27-11-16-10-26-18(22-16)13-3-2-4-15(21)9-13/h2-10H,11H2,1H3. The Morgan fingerprint density at radius 2 is 1.81 bits per heavy atom. The van der Waals surface area contributed by atoms with Crippen LogP contribution in [-0.4, -0.2) is 19.7 Å². The maximum absolute atomic E-state index is 6.02. The average molecular weight is 417 g/mol. The molecule has 27 heavy (non-hydrogen) atoms. The van der Waals surface area contributed by atoms with Crippen molar-refractivity contribution < 1.29 is 4.42 Å². The highest BCUT2D eigenvalue weighted by molar-refractivity contribution is 7.98. The van der Waals surface area contributed by atoms with Crippen molar-refractivity contribution in [1.82, 2.24) is 19.7 Å². The van der Waals surface area contributed by atoms with E-state index < -0.39 is 0 Å². The molecule has 0 spiro atoms. The number of oxazole rings is 1. The van der Waals surface area contributed by atoms with Gasteiger partial charge in [-0.05, 0) is 42.5 Å². The van der Waals surface area contributed by atoms with Crippen molar-refractivity contribution in [3.8, 4) is 22.8 Å². The summed E-state index contributed by atoms with van der Waals surface area (Å²) in [6.07, 6.45) is 1.65. The number of hydrogen-bond donors (Lipinski definition) is 0. The van der Waals surface area contributed by atoms with Gasteiger partial charge in [0.05, 0.1) is 5.69 Å². The third-order valence-corrected chi connectivity index (χ3v) is 5.45. The third kappa shape index (κ3) is 4.03. The van der Waals surface area contributed by atoms with Gasteiger partial charge >= 0.3 is 0 Å². The van der Waals surface area contributed by atoms with Crippen LogP contribution in [0.25, 0.3) is 22.8 Å². The predicted octanol–water partition coefficient (Wildman–Crippen LogP) is 5.74. The van der Waals surface area contributed by atoms with Crippen LogP contribution in [0.2, 0.25) is 10.0 Å². The summed E-state index contributed by atoms with van der Waals surface area (Å²) in [4.78, 5) is 4.52. The summed E-state index contributed by atoms with van der Waals surface area (Å²) in [5.74, 6) is 1.96. The normalized spacial score (nSPS) is 11.1. The molecule has 0 radical (unpaired) electrons. The summed E-state index contributed by atoms with van der Waals surface area (Å²) in [6, 6.07) is 15.0. The predicted molar refractivity (Wildman–Crippen MR) is 108 cm³/mol. The molecule has 0 saturated heterocycles. The first-order valence-corrected chi connectivity index (χ1v) is 9.83. The molecule has 0 saturated carbocycles. The van der Waals surface area contributed by atoms with Gasteiger partial charge in [-0.15, -0.1) is 10.2 Å². The molecular formula is C19H14Cl2N4OS. The van der Waals surface area contributed by atoms with Crippen molar-refractivity contribution in [2.75, 3.05) is 0 Å². The Labute approximate surface area is 170 Å². The van der Waals surface area contributed by atoms with Crippen LogP contribution < -0.4 is 0 Å². The number of halogens is 2. The molecule has 136 valence electrons. The highest BCUT2D eigenvalue weighted by Gasteiger charge is 2.13. The van der Waals surface area contributed by atoms with Gasteiger partial charge < -0.3 is 8.98 Å². The molecule has 0 aliphatic carbocycles. The van der Waals surface area contributed by atoms with Crippen molar-refractivity contribution in [3.63, 3.8) is 0 Å². The van der Waals surface area contributed by atoms with Crippen molar-refractivity contribution in [2.24, 2.45) is 7.05 Å². The number of benzene rings is 2. The third-order valence-electron chi connectivity index (χ3n) is 3.91. The maximum Gasteiger partial charge on any atom is 0.226 e. The molecule has 0 atom stereocenters. The van der Waals surface area contributed by atoms with E-state index in [2.05, 4.69) is 15.2 Å². The molecule has 2 aromatic heterocycles. The lowest BCUT2D eigenvalue weighted by Gasteiger charge is -2.03. The number of aromatic nitrogens is 4. The van der Waals surface area contributed by atoms with Crippen LogP contribution in [0.5, 0.6) is 0 Å². The van der Waals surface area contributed by atoms with Crippen LogP contribution in [0, 0.1) is 0 Å². The molecule has 0 amide bonds. The minimum atomic E-state index is 0.549. The molecule has 0 aliphatic heterocycles. The van der Waals surface area contributed by atoms with Gasteiger partial charge in [-0.1, -0.05) is 41.0 Å². The Morgan fingerprint density at radius 1 is 1.00 bits per heavy atom. The van der Waals surface area contributed by atoms with Gasteiger partial charge in [0.15, 0.2) is 11.0 Å². The quantitative estimate of drug-likeness (QED) is 0.388. The minimum absolute atomic E-state index is 0.549. The first-order chi connectivity index (χ1) is 13.1. The van der Waals surface area contributed by atoms with Crippen molar-refractivity contribution in [2.45, 2.75) is 10.9 Å². The minimum Gasteiger partial charge on any atom is -0.444 e. The smallest absolute Gasteiger partial charge is 0.226 e. The van der Waals surface area contributed by atoms with Gasteiger partial charge in [0.1, 0.15) is 6.26 Å². The lowest BCUT2D eigenvalue weighted by molar-refractivity contribution is 0.573. The summed E-state index contributed by atoms with van der Waals surface area (Å²) >= 11 is 13.5. The maximum atomic E-state index is 6.02. The molecular weight excluding hydrogens is 403 g/mol. The van der Waals surface area contributed by atoms with Crippen molar-refractivity contribution >= 4 is 35.0 Å². The summed E-state index contributed by atoms with van der Waals surface area (Å²) < 4.78 is 7.52. The monoisotopic (exact) mass is 416 g/mol. The molecule has 4 aromatic rings. The fraction of sp³-hybridized carbons (Fsp3) is 0.105. The van der Waals surface area contributed by atoms with E-state index >= 15 is 0 Å². The summed E-state index contributed by atoms with van der Waals surface area (Å²) in [6.45, 7) is 0. The van der Waals surface area contributed by atoms with Crippen molar-refractivity contribution in [3.05, 3.63) is 70.5 Å². The van der Waals surface area contributed by atoms with Crippen LogP contribution in [0.15, 0.2) is 64.4 Å². The molecule has 0 fully saturated rings. The first-order valence-electron chi connectivity index (χ1n) is 8.08. The van der Waals surface area contributed by atoms with Crippen LogP contribution in [0.4, 0.5) is 0 Å². The largest absolute Gasteiger partial charge is 0.444 e. The highest BCUT2D eigenvalue weighted by Crippen LogP contribution is 2.27. The van der Waals surface area contributed by atoms with E-state index in [0.29, 0.717) is 21.7 Å². The zero-order valence-corrected chi connectivity index (χ0v) is 16.6. The Bertz CT molecular complexity index is 1080. The molecule has 8 heteroatoms. The molecule has 5 nitrogen and oxygen atoms in total. The molecule has 0 aliphatic rings. The van der Waals surface area contributed by atoms with E-state index in [0.717, 1.165) is 27.8 Å². The fourth-order valence-electron chi connectivity index (χ4n) is 2.56. The van der Waals surface area contributed by atoms with Crippen LogP contribution in [0.3, 0.4) is 0 Å². The lowest BCUT2D eigenvalue weighted by atomic mass is 10.2. The summed E-state index contributed by atoms with van der Waals surface area (Å²) in [5.41, 5.74) is 2.64. The fourth-order valence-corrected chi connectivity index (χ4v) is 3.66. The zero-order valence-electron chi connectivity index (χ0n) is 14.3. The van der Waals surface area contributed by atoms with Gasteiger partial charge in [0.2, 0.25) is 5.89 Å². The van der Waals surface area contributed by atoms with Gasteiger partial charge in [-0.3, -0.25) is 0 Å².